The average Bonchev–Trinajstić information content (AvgIpc) is 2.43. The van der Waals surface area contributed by atoms with E-state index in [1.54, 1.807) is 12.1 Å². The minimum Gasteiger partial charge on any atom is -0.466 e. The smallest absolute Gasteiger partial charge is 0.306 e. The summed E-state index contributed by atoms with van der Waals surface area (Å²) < 4.78 is 22.8. The molecule has 0 radical (unpaired) electrons. The molecular weight excluding hydrogens is 263 g/mol. The fourth-order valence-electron chi connectivity index (χ4n) is 1.53. The Bertz CT molecular complexity index is 445. The summed E-state index contributed by atoms with van der Waals surface area (Å²) in [6.07, 6.45) is 1.53. The molecule has 0 saturated carbocycles. The number of hydrogen-bond donors (Lipinski definition) is 0. The number of hydrogen-bond acceptors (Lipinski definition) is 4. The Balaban J connectivity index is 2.16. The molecular formula is C15H19FO4. The quantitative estimate of drug-likeness (QED) is 0.688. The Morgan fingerprint density at radius 2 is 1.85 bits per heavy atom. The van der Waals surface area contributed by atoms with Crippen LogP contribution in [0.5, 0.6) is 0 Å². The van der Waals surface area contributed by atoms with Crippen LogP contribution in [0.3, 0.4) is 0 Å². The summed E-state index contributed by atoms with van der Waals surface area (Å²) >= 11 is 0. The van der Waals surface area contributed by atoms with E-state index in [-0.39, 0.29) is 31.2 Å². The first-order valence-corrected chi connectivity index (χ1v) is 6.67. The van der Waals surface area contributed by atoms with Gasteiger partial charge in [-0.2, -0.15) is 0 Å². The lowest BCUT2D eigenvalue weighted by atomic mass is 10.2. The van der Waals surface area contributed by atoms with E-state index in [2.05, 4.69) is 0 Å². The van der Waals surface area contributed by atoms with Crippen LogP contribution in [0.4, 0.5) is 4.39 Å². The minimum absolute atomic E-state index is 0.0386. The molecule has 1 aromatic rings. The summed E-state index contributed by atoms with van der Waals surface area (Å²) in [5.74, 6) is -1.07. The summed E-state index contributed by atoms with van der Waals surface area (Å²) in [4.78, 5) is 22.6. The van der Waals surface area contributed by atoms with Gasteiger partial charge in [0.05, 0.1) is 6.61 Å². The van der Waals surface area contributed by atoms with Crippen LogP contribution in [0.1, 0.15) is 38.2 Å². The molecule has 0 unspecified atom stereocenters. The van der Waals surface area contributed by atoms with Gasteiger partial charge < -0.3 is 9.47 Å². The van der Waals surface area contributed by atoms with E-state index in [0.717, 1.165) is 6.42 Å². The highest BCUT2D eigenvalue weighted by atomic mass is 19.1. The fourth-order valence-corrected chi connectivity index (χ4v) is 1.53. The normalized spacial score (nSPS) is 10.1. The lowest BCUT2D eigenvalue weighted by Gasteiger charge is -2.05. The summed E-state index contributed by atoms with van der Waals surface area (Å²) in [6.45, 7) is 2.36. The van der Waals surface area contributed by atoms with Gasteiger partial charge in [-0.3, -0.25) is 9.59 Å². The van der Waals surface area contributed by atoms with Gasteiger partial charge in [-0.1, -0.05) is 19.1 Å². The van der Waals surface area contributed by atoms with Crippen LogP contribution in [0.15, 0.2) is 24.3 Å². The van der Waals surface area contributed by atoms with Crippen LogP contribution in [0, 0.1) is 5.82 Å². The summed E-state index contributed by atoms with van der Waals surface area (Å²) in [6, 6.07) is 5.88. The zero-order valence-corrected chi connectivity index (χ0v) is 11.6. The van der Waals surface area contributed by atoms with Gasteiger partial charge in [0.2, 0.25) is 0 Å². The average molecular weight is 282 g/mol. The van der Waals surface area contributed by atoms with E-state index >= 15 is 0 Å². The van der Waals surface area contributed by atoms with Crippen LogP contribution in [-0.4, -0.2) is 18.5 Å². The monoisotopic (exact) mass is 282 g/mol. The first-order valence-electron chi connectivity index (χ1n) is 6.67. The van der Waals surface area contributed by atoms with Gasteiger partial charge in [0.25, 0.3) is 0 Å². The van der Waals surface area contributed by atoms with Crippen LogP contribution < -0.4 is 0 Å². The van der Waals surface area contributed by atoms with Crippen LogP contribution >= 0.6 is 0 Å². The Morgan fingerprint density at radius 3 is 2.50 bits per heavy atom. The maximum absolute atomic E-state index is 12.9. The van der Waals surface area contributed by atoms with Gasteiger partial charge in [-0.25, -0.2) is 4.39 Å². The van der Waals surface area contributed by atoms with Crippen LogP contribution in [0.2, 0.25) is 0 Å². The van der Waals surface area contributed by atoms with Crippen molar-refractivity contribution < 1.29 is 23.5 Å². The standard InChI is InChI=1S/C15H19FO4/c1-2-9-19-14(17)7-4-8-15(18)20-11-12-5-3-6-13(16)10-12/h3,5-6,10H,2,4,7-9,11H2,1H3. The molecule has 5 heteroatoms. The molecule has 0 spiro atoms. The van der Waals surface area contributed by atoms with Gasteiger partial charge in [0.1, 0.15) is 12.4 Å². The molecule has 4 nitrogen and oxygen atoms in total. The Morgan fingerprint density at radius 1 is 1.15 bits per heavy atom. The summed E-state index contributed by atoms with van der Waals surface area (Å²) in [5.41, 5.74) is 0.598. The molecule has 0 aromatic heterocycles. The van der Waals surface area contributed by atoms with Crippen LogP contribution in [0.25, 0.3) is 0 Å². The van der Waals surface area contributed by atoms with Crippen molar-refractivity contribution in [2.24, 2.45) is 0 Å². The predicted octanol–water partition coefficient (Wildman–Crippen LogP) is 2.99. The van der Waals surface area contributed by atoms with E-state index in [0.29, 0.717) is 18.6 Å². The second kappa shape index (κ2) is 9.07. The molecule has 0 heterocycles. The highest BCUT2D eigenvalue weighted by Gasteiger charge is 2.07. The largest absolute Gasteiger partial charge is 0.466 e. The molecule has 1 rings (SSSR count). The molecule has 0 fully saturated rings. The van der Waals surface area contributed by atoms with Crippen molar-refractivity contribution in [3.8, 4) is 0 Å². The van der Waals surface area contributed by atoms with Crippen molar-refractivity contribution in [3.05, 3.63) is 35.6 Å². The van der Waals surface area contributed by atoms with E-state index in [1.165, 1.54) is 12.1 Å². The predicted molar refractivity (Wildman–Crippen MR) is 71.3 cm³/mol. The molecule has 0 saturated heterocycles. The maximum Gasteiger partial charge on any atom is 0.306 e. The van der Waals surface area contributed by atoms with Crippen molar-refractivity contribution in [2.75, 3.05) is 6.61 Å². The Kier molecular flexibility index (Phi) is 7.32. The number of esters is 2. The van der Waals surface area contributed by atoms with Gasteiger partial charge >= 0.3 is 11.9 Å². The summed E-state index contributed by atoms with van der Waals surface area (Å²) in [7, 11) is 0. The minimum atomic E-state index is -0.405. The van der Waals surface area contributed by atoms with Crippen molar-refractivity contribution in [3.63, 3.8) is 0 Å². The van der Waals surface area contributed by atoms with Crippen molar-refractivity contribution in [1.82, 2.24) is 0 Å². The SMILES string of the molecule is CCCOC(=O)CCCC(=O)OCc1cccc(F)c1. The van der Waals surface area contributed by atoms with E-state index in [1.807, 2.05) is 6.92 Å². The molecule has 110 valence electrons. The number of ether oxygens (including phenoxy) is 2. The van der Waals surface area contributed by atoms with Crippen LogP contribution in [-0.2, 0) is 25.7 Å². The molecule has 0 bridgehead atoms. The van der Waals surface area contributed by atoms with E-state index in [9.17, 15) is 14.0 Å². The second-order valence-corrected chi connectivity index (χ2v) is 4.36. The van der Waals surface area contributed by atoms with Gasteiger partial charge in [-0.15, -0.1) is 0 Å². The number of rotatable bonds is 8. The fraction of sp³-hybridized carbons (Fsp3) is 0.467. The van der Waals surface area contributed by atoms with E-state index < -0.39 is 5.97 Å². The van der Waals surface area contributed by atoms with E-state index in [4.69, 9.17) is 9.47 Å². The first-order chi connectivity index (χ1) is 9.61. The first kappa shape index (κ1) is 16.1. The molecule has 0 N–H and O–H groups in total. The maximum atomic E-state index is 12.9. The van der Waals surface area contributed by atoms with Gasteiger partial charge in [0.15, 0.2) is 0 Å². The third-order valence-corrected chi connectivity index (χ3v) is 2.52. The van der Waals surface area contributed by atoms with Crippen molar-refractivity contribution in [1.29, 1.82) is 0 Å². The number of carbonyl (C=O) groups excluding carboxylic acids is 2. The molecule has 0 aliphatic heterocycles. The van der Waals surface area contributed by atoms with Crippen molar-refractivity contribution in [2.45, 2.75) is 39.2 Å². The zero-order valence-electron chi connectivity index (χ0n) is 11.6. The van der Waals surface area contributed by atoms with Crippen molar-refractivity contribution >= 4 is 11.9 Å². The second-order valence-electron chi connectivity index (χ2n) is 4.36. The third kappa shape index (κ3) is 6.87. The zero-order chi connectivity index (χ0) is 14.8. The Labute approximate surface area is 117 Å². The molecule has 0 aliphatic rings. The molecule has 1 aromatic carbocycles. The summed E-state index contributed by atoms with van der Waals surface area (Å²) in [5, 5.41) is 0. The molecule has 20 heavy (non-hydrogen) atoms. The highest BCUT2D eigenvalue weighted by molar-refractivity contribution is 5.72. The topological polar surface area (TPSA) is 52.6 Å². The highest BCUT2D eigenvalue weighted by Crippen LogP contribution is 2.07. The lowest BCUT2D eigenvalue weighted by Crippen LogP contribution is -2.08. The lowest BCUT2D eigenvalue weighted by molar-refractivity contribution is -0.146. The molecule has 0 aliphatic carbocycles. The van der Waals surface area contributed by atoms with Gasteiger partial charge in [0, 0.05) is 12.8 Å². The molecule has 0 atom stereocenters. The number of halogens is 1. The Hall–Kier alpha value is -1.91. The third-order valence-electron chi connectivity index (χ3n) is 2.52. The number of carbonyl (C=O) groups is 2. The molecule has 0 amide bonds. The van der Waals surface area contributed by atoms with Gasteiger partial charge in [-0.05, 0) is 30.5 Å². The number of benzene rings is 1.